The molecule has 0 aliphatic heterocycles. The summed E-state index contributed by atoms with van der Waals surface area (Å²) in [6.07, 6.45) is 0. The van der Waals surface area contributed by atoms with Gasteiger partial charge in [0.2, 0.25) is 5.91 Å². The topological polar surface area (TPSA) is 58.4 Å². The molecule has 0 radical (unpaired) electrons. The van der Waals surface area contributed by atoms with E-state index in [4.69, 9.17) is 5.73 Å². The second-order valence-electron chi connectivity index (χ2n) is 4.73. The largest absolute Gasteiger partial charge is 0.368 e. The highest BCUT2D eigenvalue weighted by atomic mass is 16.1. The second kappa shape index (κ2) is 7.92. The van der Waals surface area contributed by atoms with Gasteiger partial charge < -0.3 is 16.0 Å². The third kappa shape index (κ3) is 5.01. The summed E-state index contributed by atoms with van der Waals surface area (Å²) in [5.41, 5.74) is 7.56. The van der Waals surface area contributed by atoms with Gasteiger partial charge in [0.15, 0.2) is 0 Å². The molecule has 1 rings (SSSR count). The number of nitrogens with zero attached hydrogens (tertiary/aromatic N) is 1. The van der Waals surface area contributed by atoms with E-state index in [0.717, 1.165) is 37.3 Å². The Balaban J connectivity index is 2.62. The Morgan fingerprint density at radius 1 is 1.37 bits per heavy atom. The molecule has 1 unspecified atom stereocenters. The van der Waals surface area contributed by atoms with Gasteiger partial charge in [-0.2, -0.15) is 0 Å². The molecule has 0 saturated carbocycles. The first-order chi connectivity index (χ1) is 9.08. The third-order valence-electron chi connectivity index (χ3n) is 3.33. The van der Waals surface area contributed by atoms with Gasteiger partial charge in [-0.3, -0.25) is 4.79 Å². The van der Waals surface area contributed by atoms with Crippen molar-refractivity contribution in [2.75, 3.05) is 26.2 Å². The van der Waals surface area contributed by atoms with Crippen molar-refractivity contribution in [3.8, 4) is 0 Å². The van der Waals surface area contributed by atoms with Gasteiger partial charge in [-0.1, -0.05) is 43.7 Å². The molecule has 0 fully saturated rings. The first-order valence-corrected chi connectivity index (χ1v) is 6.90. The van der Waals surface area contributed by atoms with Crippen molar-refractivity contribution in [2.45, 2.75) is 26.8 Å². The van der Waals surface area contributed by atoms with E-state index >= 15 is 0 Å². The maximum absolute atomic E-state index is 11.6. The highest BCUT2D eigenvalue weighted by molar-refractivity contribution is 5.81. The number of aryl methyl sites for hydroxylation is 1. The lowest BCUT2D eigenvalue weighted by atomic mass is 10.0. The number of carbonyl (C=O) groups excluding carboxylic acids is 1. The van der Waals surface area contributed by atoms with Crippen LogP contribution >= 0.6 is 0 Å². The van der Waals surface area contributed by atoms with E-state index in [1.807, 2.05) is 31.2 Å². The van der Waals surface area contributed by atoms with Crippen LogP contribution in [0.5, 0.6) is 0 Å². The zero-order valence-corrected chi connectivity index (χ0v) is 12.1. The van der Waals surface area contributed by atoms with E-state index < -0.39 is 6.04 Å². The number of likely N-dealkylation sites (N-methyl/N-ethyl adjacent to an activating group) is 1. The maximum Gasteiger partial charge on any atom is 0.239 e. The molecule has 0 saturated heterocycles. The second-order valence-corrected chi connectivity index (χ2v) is 4.73. The molecule has 0 bridgehead atoms. The fraction of sp³-hybridized carbons (Fsp3) is 0.533. The van der Waals surface area contributed by atoms with Crippen LogP contribution in [-0.4, -0.2) is 37.0 Å². The van der Waals surface area contributed by atoms with E-state index in [0.29, 0.717) is 0 Å². The van der Waals surface area contributed by atoms with Gasteiger partial charge in [0.1, 0.15) is 6.04 Å². The number of primary amides is 1. The van der Waals surface area contributed by atoms with Crippen LogP contribution in [0.3, 0.4) is 0 Å². The summed E-state index contributed by atoms with van der Waals surface area (Å²) < 4.78 is 0. The van der Waals surface area contributed by atoms with Crippen LogP contribution in [-0.2, 0) is 4.79 Å². The summed E-state index contributed by atoms with van der Waals surface area (Å²) in [6, 6.07) is 7.49. The molecule has 4 heteroatoms. The minimum Gasteiger partial charge on any atom is -0.368 e. The molecular formula is C15H25N3O. The molecule has 3 N–H and O–H groups in total. The highest BCUT2D eigenvalue weighted by Gasteiger charge is 2.17. The summed E-state index contributed by atoms with van der Waals surface area (Å²) >= 11 is 0. The van der Waals surface area contributed by atoms with Gasteiger partial charge in [-0.25, -0.2) is 0 Å². The van der Waals surface area contributed by atoms with Crippen molar-refractivity contribution < 1.29 is 4.79 Å². The molecule has 0 heterocycles. The Hall–Kier alpha value is -1.39. The Morgan fingerprint density at radius 3 is 2.58 bits per heavy atom. The van der Waals surface area contributed by atoms with Gasteiger partial charge >= 0.3 is 0 Å². The predicted molar refractivity (Wildman–Crippen MR) is 78.9 cm³/mol. The number of rotatable bonds is 8. The van der Waals surface area contributed by atoms with Gasteiger partial charge in [0, 0.05) is 13.1 Å². The van der Waals surface area contributed by atoms with Crippen LogP contribution in [0.1, 0.15) is 31.0 Å². The molecule has 0 aliphatic rings. The lowest BCUT2D eigenvalue weighted by Gasteiger charge is -2.21. The SMILES string of the molecule is CCN(CC)CCNC(C(N)=O)c1cccc(C)c1. The summed E-state index contributed by atoms with van der Waals surface area (Å²) in [7, 11) is 0. The predicted octanol–water partition coefficient (Wildman–Crippen LogP) is 1.45. The van der Waals surface area contributed by atoms with Gasteiger partial charge in [0.25, 0.3) is 0 Å². The molecule has 0 aliphatic carbocycles. The van der Waals surface area contributed by atoms with Crippen LogP contribution in [0.25, 0.3) is 0 Å². The standard InChI is InChI=1S/C15H25N3O/c1-4-18(5-2)10-9-17-14(15(16)19)13-8-6-7-12(3)11-13/h6-8,11,14,17H,4-5,9-10H2,1-3H3,(H2,16,19). The van der Waals surface area contributed by atoms with Crippen molar-refractivity contribution in [1.29, 1.82) is 0 Å². The van der Waals surface area contributed by atoms with E-state index in [-0.39, 0.29) is 5.91 Å². The molecule has 1 amide bonds. The van der Waals surface area contributed by atoms with Crippen molar-refractivity contribution in [3.63, 3.8) is 0 Å². The van der Waals surface area contributed by atoms with Crippen molar-refractivity contribution in [1.82, 2.24) is 10.2 Å². The fourth-order valence-electron chi connectivity index (χ4n) is 2.14. The van der Waals surface area contributed by atoms with Crippen LogP contribution < -0.4 is 11.1 Å². The number of nitrogens with two attached hydrogens (primary N) is 1. The van der Waals surface area contributed by atoms with Crippen molar-refractivity contribution in [3.05, 3.63) is 35.4 Å². The number of benzene rings is 1. The number of hydrogen-bond acceptors (Lipinski definition) is 3. The summed E-state index contributed by atoms with van der Waals surface area (Å²) in [5, 5.41) is 3.25. The summed E-state index contributed by atoms with van der Waals surface area (Å²) in [4.78, 5) is 13.9. The minimum absolute atomic E-state index is 0.329. The quantitative estimate of drug-likeness (QED) is 0.746. The van der Waals surface area contributed by atoms with E-state index in [9.17, 15) is 4.79 Å². The molecule has 106 valence electrons. The minimum atomic E-state index is -0.407. The Bertz CT molecular complexity index is 402. The zero-order chi connectivity index (χ0) is 14.3. The summed E-state index contributed by atoms with van der Waals surface area (Å²) in [5.74, 6) is -0.329. The Labute approximate surface area is 116 Å². The lowest BCUT2D eigenvalue weighted by molar-refractivity contribution is -0.120. The molecular weight excluding hydrogens is 238 g/mol. The summed E-state index contributed by atoms with van der Waals surface area (Å²) in [6.45, 7) is 9.99. The van der Waals surface area contributed by atoms with Crippen LogP contribution in [0.15, 0.2) is 24.3 Å². The normalized spacial score (nSPS) is 12.6. The third-order valence-corrected chi connectivity index (χ3v) is 3.33. The molecule has 0 aromatic heterocycles. The van der Waals surface area contributed by atoms with E-state index in [1.165, 1.54) is 0 Å². The van der Waals surface area contributed by atoms with Crippen LogP contribution in [0.2, 0.25) is 0 Å². The number of amides is 1. The first-order valence-electron chi connectivity index (χ1n) is 6.90. The van der Waals surface area contributed by atoms with Crippen molar-refractivity contribution in [2.24, 2.45) is 5.73 Å². The fourth-order valence-corrected chi connectivity index (χ4v) is 2.14. The van der Waals surface area contributed by atoms with Crippen LogP contribution in [0.4, 0.5) is 0 Å². The maximum atomic E-state index is 11.6. The average Bonchev–Trinajstić information content (AvgIpc) is 2.38. The van der Waals surface area contributed by atoms with Gasteiger partial charge in [0.05, 0.1) is 0 Å². The highest BCUT2D eigenvalue weighted by Crippen LogP contribution is 2.13. The number of carbonyl (C=O) groups is 1. The Kier molecular flexibility index (Phi) is 6.53. The van der Waals surface area contributed by atoms with E-state index in [1.54, 1.807) is 0 Å². The van der Waals surface area contributed by atoms with Crippen LogP contribution in [0, 0.1) is 6.92 Å². The molecule has 0 spiro atoms. The Morgan fingerprint density at radius 2 is 2.05 bits per heavy atom. The molecule has 1 atom stereocenters. The molecule has 1 aromatic rings. The van der Waals surface area contributed by atoms with Crippen molar-refractivity contribution >= 4 is 5.91 Å². The number of nitrogens with one attached hydrogen (secondary N) is 1. The molecule has 4 nitrogen and oxygen atoms in total. The lowest BCUT2D eigenvalue weighted by Crippen LogP contribution is -2.38. The number of hydrogen-bond donors (Lipinski definition) is 2. The van der Waals surface area contributed by atoms with E-state index in [2.05, 4.69) is 24.1 Å². The van der Waals surface area contributed by atoms with Gasteiger partial charge in [-0.05, 0) is 25.6 Å². The average molecular weight is 263 g/mol. The first kappa shape index (κ1) is 15.7. The smallest absolute Gasteiger partial charge is 0.239 e. The molecule has 19 heavy (non-hydrogen) atoms. The monoisotopic (exact) mass is 263 g/mol. The van der Waals surface area contributed by atoms with Gasteiger partial charge in [-0.15, -0.1) is 0 Å². The zero-order valence-electron chi connectivity index (χ0n) is 12.1. The molecule has 1 aromatic carbocycles.